The largest absolute Gasteiger partial charge is 0.462 e. The van der Waals surface area contributed by atoms with E-state index in [9.17, 15) is 9.59 Å². The number of halogens is 1. The fourth-order valence-electron chi connectivity index (χ4n) is 1.66. The topological polar surface area (TPSA) is 88.8 Å². The van der Waals surface area contributed by atoms with Gasteiger partial charge in [-0.3, -0.25) is 9.79 Å². The van der Waals surface area contributed by atoms with Gasteiger partial charge in [-0.05, 0) is 32.4 Å². The number of carbonyl (C=O) groups excluding carboxylic acids is 2. The lowest BCUT2D eigenvalue weighted by molar-refractivity contribution is -0.148. The van der Waals surface area contributed by atoms with Crippen LogP contribution in [-0.4, -0.2) is 30.9 Å². The lowest BCUT2D eigenvalue weighted by atomic mass is 10.2. The van der Waals surface area contributed by atoms with E-state index < -0.39 is 17.9 Å². The van der Waals surface area contributed by atoms with Crippen LogP contribution in [0.1, 0.15) is 37.6 Å². The van der Waals surface area contributed by atoms with E-state index in [0.717, 1.165) is 6.21 Å². The number of ether oxygens (including phenoxy) is 2. The van der Waals surface area contributed by atoms with E-state index in [1.807, 2.05) is 6.92 Å². The van der Waals surface area contributed by atoms with Crippen molar-refractivity contribution >= 4 is 35.4 Å². The summed E-state index contributed by atoms with van der Waals surface area (Å²) in [5, 5.41) is 9.15. The fourth-order valence-corrected chi connectivity index (χ4v) is 1.91. The van der Waals surface area contributed by atoms with Crippen LogP contribution < -0.4 is 0 Å². The molecule has 0 spiro atoms. The quantitative estimate of drug-likeness (QED) is 0.552. The highest BCUT2D eigenvalue weighted by molar-refractivity contribution is 6.36. The molecule has 0 saturated heterocycles. The van der Waals surface area contributed by atoms with Gasteiger partial charge in [0, 0.05) is 6.21 Å². The van der Waals surface area contributed by atoms with E-state index in [2.05, 4.69) is 4.99 Å². The Kier molecular flexibility index (Phi) is 7.93. The monoisotopic (exact) mass is 350 g/mol. The molecule has 0 fully saturated rings. The minimum absolute atomic E-state index is 0.101. The zero-order valence-electron chi connectivity index (χ0n) is 13.8. The number of esters is 2. The van der Waals surface area contributed by atoms with Gasteiger partial charge in [-0.25, -0.2) is 4.79 Å². The van der Waals surface area contributed by atoms with Crippen LogP contribution in [0.3, 0.4) is 0 Å². The summed E-state index contributed by atoms with van der Waals surface area (Å²) >= 11 is 6.16. The summed E-state index contributed by atoms with van der Waals surface area (Å²) in [6, 6.07) is 6.48. The molecule has 0 saturated carbocycles. The van der Waals surface area contributed by atoms with Crippen molar-refractivity contribution in [1.82, 2.24) is 0 Å². The molecule has 6 nitrogen and oxygen atoms in total. The minimum Gasteiger partial charge on any atom is -0.462 e. The van der Waals surface area contributed by atoms with Crippen LogP contribution >= 0.6 is 11.6 Å². The fraction of sp³-hybridized carbons (Fsp3) is 0.412. The van der Waals surface area contributed by atoms with E-state index in [0.29, 0.717) is 13.0 Å². The van der Waals surface area contributed by atoms with Crippen molar-refractivity contribution in [2.45, 2.75) is 33.3 Å². The van der Waals surface area contributed by atoms with Gasteiger partial charge in [0.05, 0.1) is 35.1 Å². The van der Waals surface area contributed by atoms with Crippen LogP contribution in [0.5, 0.6) is 0 Å². The highest BCUT2D eigenvalue weighted by Gasteiger charge is 2.19. The Morgan fingerprint density at radius 3 is 2.71 bits per heavy atom. The number of carbonyl (C=O) groups is 2. The molecule has 1 rings (SSSR count). The number of hydrogen-bond donors (Lipinski definition) is 0. The van der Waals surface area contributed by atoms with Crippen molar-refractivity contribution < 1.29 is 19.1 Å². The molecule has 0 aliphatic rings. The molecule has 1 aromatic carbocycles. The minimum atomic E-state index is -1.15. The summed E-state index contributed by atoms with van der Waals surface area (Å²) in [5.74, 6) is -2.39. The molecular formula is C17H19ClN2O4. The first-order valence-electron chi connectivity index (χ1n) is 7.50. The van der Waals surface area contributed by atoms with Gasteiger partial charge in [0.15, 0.2) is 5.92 Å². The van der Waals surface area contributed by atoms with Crippen molar-refractivity contribution in [2.75, 3.05) is 6.61 Å². The average molecular weight is 351 g/mol. The first-order chi connectivity index (χ1) is 11.4. The number of aliphatic imine (C=N–C) groups is 1. The number of nitrogens with zero attached hydrogens (tertiary/aromatic N) is 2. The smallest absolute Gasteiger partial charge is 0.339 e. The predicted octanol–water partition coefficient (Wildman–Crippen LogP) is 3.70. The maximum Gasteiger partial charge on any atom is 0.339 e. The second kappa shape index (κ2) is 9.68. The molecule has 0 N–H and O–H groups in total. The molecule has 1 unspecified atom stereocenters. The zero-order valence-corrected chi connectivity index (χ0v) is 14.5. The van der Waals surface area contributed by atoms with Gasteiger partial charge in [0.2, 0.25) is 0 Å². The molecule has 0 aromatic heterocycles. The van der Waals surface area contributed by atoms with Gasteiger partial charge in [-0.15, -0.1) is 0 Å². The van der Waals surface area contributed by atoms with Crippen LogP contribution in [0.25, 0.3) is 0 Å². The lowest BCUT2D eigenvalue weighted by Crippen LogP contribution is -2.20. The van der Waals surface area contributed by atoms with E-state index >= 15 is 0 Å². The second-order valence-corrected chi connectivity index (χ2v) is 5.52. The van der Waals surface area contributed by atoms with Crippen molar-refractivity contribution in [3.8, 4) is 6.07 Å². The van der Waals surface area contributed by atoms with Gasteiger partial charge in [-0.2, -0.15) is 5.26 Å². The van der Waals surface area contributed by atoms with Crippen LogP contribution in [0, 0.1) is 17.2 Å². The van der Waals surface area contributed by atoms with Gasteiger partial charge in [-0.1, -0.05) is 24.6 Å². The van der Waals surface area contributed by atoms with Gasteiger partial charge in [0.25, 0.3) is 0 Å². The number of nitriles is 1. The Morgan fingerprint density at radius 1 is 1.42 bits per heavy atom. The summed E-state index contributed by atoms with van der Waals surface area (Å²) in [5.41, 5.74) is 0.443. The number of rotatable bonds is 7. The first-order valence-corrected chi connectivity index (χ1v) is 7.88. The van der Waals surface area contributed by atoms with Gasteiger partial charge in [0.1, 0.15) is 0 Å². The Bertz CT molecular complexity index is 665. The molecular weight excluding hydrogens is 332 g/mol. The van der Waals surface area contributed by atoms with Crippen LogP contribution in [0.15, 0.2) is 23.2 Å². The molecule has 0 radical (unpaired) electrons. The molecule has 128 valence electrons. The van der Waals surface area contributed by atoms with Crippen LogP contribution in [0.2, 0.25) is 5.02 Å². The predicted molar refractivity (Wildman–Crippen MR) is 90.5 cm³/mol. The Balaban J connectivity index is 2.96. The molecule has 0 aliphatic carbocycles. The second-order valence-electron chi connectivity index (χ2n) is 5.15. The van der Waals surface area contributed by atoms with Crippen molar-refractivity contribution in [1.29, 1.82) is 5.26 Å². The Morgan fingerprint density at radius 2 is 2.12 bits per heavy atom. The molecule has 0 heterocycles. The first kappa shape index (κ1) is 19.7. The van der Waals surface area contributed by atoms with Crippen molar-refractivity contribution in [3.63, 3.8) is 0 Å². The van der Waals surface area contributed by atoms with E-state index in [-0.39, 0.29) is 22.4 Å². The summed E-state index contributed by atoms with van der Waals surface area (Å²) in [7, 11) is 0. The highest BCUT2D eigenvalue weighted by atomic mass is 35.5. The van der Waals surface area contributed by atoms with Crippen LogP contribution in [-0.2, 0) is 14.3 Å². The molecule has 0 amide bonds. The lowest BCUT2D eigenvalue weighted by Gasteiger charge is -2.09. The molecule has 1 aromatic rings. The van der Waals surface area contributed by atoms with Crippen LogP contribution in [0.4, 0.5) is 5.69 Å². The summed E-state index contributed by atoms with van der Waals surface area (Å²) < 4.78 is 10.0. The SMILES string of the molecule is CCCOC(=O)c1cccc(N=CC(C#N)C(=O)OC(C)C)c1Cl. The van der Waals surface area contributed by atoms with Gasteiger partial charge >= 0.3 is 11.9 Å². The van der Waals surface area contributed by atoms with Gasteiger partial charge < -0.3 is 9.47 Å². The third kappa shape index (κ3) is 5.67. The maximum atomic E-state index is 11.9. The molecule has 0 aliphatic heterocycles. The van der Waals surface area contributed by atoms with E-state index in [4.69, 9.17) is 26.3 Å². The zero-order chi connectivity index (χ0) is 18.1. The average Bonchev–Trinajstić information content (AvgIpc) is 2.53. The molecule has 24 heavy (non-hydrogen) atoms. The molecule has 0 bridgehead atoms. The normalized spacial score (nSPS) is 12.0. The third-order valence-electron chi connectivity index (χ3n) is 2.74. The standard InChI is InChI=1S/C17H19ClN2O4/c1-4-8-23-17(22)13-6-5-7-14(15(13)18)20-10-12(9-19)16(21)24-11(2)3/h5-7,10-12H,4,8H2,1-3H3. The molecule has 1 atom stereocenters. The third-order valence-corrected chi connectivity index (χ3v) is 3.14. The Labute approximate surface area is 146 Å². The Hall–Kier alpha value is -2.39. The van der Waals surface area contributed by atoms with E-state index in [1.54, 1.807) is 32.0 Å². The number of hydrogen-bond acceptors (Lipinski definition) is 6. The highest BCUT2D eigenvalue weighted by Crippen LogP contribution is 2.29. The summed E-state index contributed by atoms with van der Waals surface area (Å²) in [6.07, 6.45) is 1.51. The summed E-state index contributed by atoms with van der Waals surface area (Å²) in [6.45, 7) is 5.55. The maximum absolute atomic E-state index is 11.9. The van der Waals surface area contributed by atoms with Crippen molar-refractivity contribution in [3.05, 3.63) is 28.8 Å². The molecule has 7 heteroatoms. The number of benzene rings is 1. The summed E-state index contributed by atoms with van der Waals surface area (Å²) in [4.78, 5) is 27.7. The van der Waals surface area contributed by atoms with Crippen molar-refractivity contribution in [2.24, 2.45) is 10.9 Å². The van der Waals surface area contributed by atoms with E-state index in [1.165, 1.54) is 6.07 Å².